The number of halogens is 1. The van der Waals surface area contributed by atoms with E-state index in [9.17, 15) is 23.6 Å². The van der Waals surface area contributed by atoms with E-state index in [1.807, 2.05) is 0 Å². The lowest BCUT2D eigenvalue weighted by Crippen LogP contribution is -2.42. The van der Waals surface area contributed by atoms with E-state index >= 15 is 0 Å². The lowest BCUT2D eigenvalue weighted by molar-refractivity contribution is 0.0950. The van der Waals surface area contributed by atoms with E-state index in [-0.39, 0.29) is 22.0 Å². The van der Waals surface area contributed by atoms with Crippen LogP contribution in [0.5, 0.6) is 0 Å². The second kappa shape index (κ2) is 5.62. The van der Waals surface area contributed by atoms with Gasteiger partial charge < -0.3 is 0 Å². The zero-order chi connectivity index (χ0) is 18.4. The van der Waals surface area contributed by atoms with Crippen molar-refractivity contribution in [3.05, 3.63) is 97.0 Å². The number of aromatic amines is 1. The van der Waals surface area contributed by atoms with Gasteiger partial charge in [-0.3, -0.25) is 14.4 Å². The van der Waals surface area contributed by atoms with Crippen LogP contribution in [0.1, 0.15) is 10.4 Å². The van der Waals surface area contributed by atoms with Crippen molar-refractivity contribution in [3.8, 4) is 0 Å². The molecular weight excluding hydrogens is 341 g/mol. The summed E-state index contributed by atoms with van der Waals surface area (Å²) in [4.78, 5) is 49.9. The minimum Gasteiger partial charge on any atom is -0.289 e. The second-order valence-electron chi connectivity index (χ2n) is 5.62. The average molecular weight is 351 g/mol. The maximum Gasteiger partial charge on any atom is 0.350 e. The van der Waals surface area contributed by atoms with Crippen molar-refractivity contribution in [2.24, 2.45) is 0 Å². The van der Waals surface area contributed by atoms with Gasteiger partial charge in [-0.05, 0) is 30.3 Å². The molecule has 0 radical (unpaired) electrons. The molecule has 0 atom stereocenters. The molecule has 7 nitrogen and oxygen atoms in total. The molecule has 2 heterocycles. The number of carbonyl (C=O) groups is 1. The molecule has 2 aromatic carbocycles. The number of fused-ring (bicyclic) bond motifs is 3. The molecule has 0 aliphatic carbocycles. The third kappa shape index (κ3) is 2.27. The highest BCUT2D eigenvalue weighted by Crippen LogP contribution is 2.12. The molecule has 0 bridgehead atoms. The van der Waals surface area contributed by atoms with Crippen molar-refractivity contribution in [2.75, 3.05) is 0 Å². The number of benzene rings is 2. The van der Waals surface area contributed by atoms with Crippen LogP contribution in [0.25, 0.3) is 16.4 Å². The Morgan fingerprint density at radius 2 is 1.65 bits per heavy atom. The van der Waals surface area contributed by atoms with Crippen LogP contribution in [-0.4, -0.2) is 20.1 Å². The van der Waals surface area contributed by atoms with Crippen molar-refractivity contribution in [3.63, 3.8) is 0 Å². The molecule has 0 fully saturated rings. The standard InChI is InChI=1S/C18H10FN3O4/c19-11-6-7-13-12(8-11)15(23)9-14-17(25)21(18(26)20-22(13)14)16(24)10-4-2-1-3-5-10/h1-9H,(H,20,26). The van der Waals surface area contributed by atoms with Crippen LogP contribution < -0.4 is 16.7 Å². The maximum atomic E-state index is 13.4. The zero-order valence-corrected chi connectivity index (χ0v) is 13.1. The van der Waals surface area contributed by atoms with E-state index in [0.29, 0.717) is 4.57 Å². The minimum atomic E-state index is -0.967. The Bertz CT molecular complexity index is 1370. The van der Waals surface area contributed by atoms with E-state index < -0.39 is 28.4 Å². The fourth-order valence-corrected chi connectivity index (χ4v) is 2.82. The van der Waals surface area contributed by atoms with Gasteiger partial charge in [-0.25, -0.2) is 18.8 Å². The number of nitrogens with one attached hydrogen (secondary N) is 1. The summed E-state index contributed by atoms with van der Waals surface area (Å²) in [6.45, 7) is 0. The van der Waals surface area contributed by atoms with E-state index in [2.05, 4.69) is 5.10 Å². The van der Waals surface area contributed by atoms with Crippen LogP contribution in [0.15, 0.2) is 69.0 Å². The molecule has 0 unspecified atom stereocenters. The Balaban J connectivity index is 2.10. The number of rotatable bonds is 1. The van der Waals surface area contributed by atoms with Crippen LogP contribution in [0.2, 0.25) is 0 Å². The smallest absolute Gasteiger partial charge is 0.289 e. The van der Waals surface area contributed by atoms with Gasteiger partial charge in [0, 0.05) is 11.6 Å². The Labute approximate surface area is 143 Å². The van der Waals surface area contributed by atoms with Gasteiger partial charge in [-0.2, -0.15) is 4.57 Å². The summed E-state index contributed by atoms with van der Waals surface area (Å²) in [7, 11) is 0. The average Bonchev–Trinajstić information content (AvgIpc) is 2.64. The zero-order valence-electron chi connectivity index (χ0n) is 13.1. The summed E-state index contributed by atoms with van der Waals surface area (Å²) in [6.07, 6.45) is 0. The van der Waals surface area contributed by atoms with Crippen LogP contribution in [0.4, 0.5) is 4.39 Å². The monoisotopic (exact) mass is 351 g/mol. The summed E-state index contributed by atoms with van der Waals surface area (Å²) >= 11 is 0. The van der Waals surface area contributed by atoms with Gasteiger partial charge in [0.2, 0.25) is 0 Å². The summed E-state index contributed by atoms with van der Waals surface area (Å²) in [6, 6.07) is 12.2. The van der Waals surface area contributed by atoms with Crippen LogP contribution >= 0.6 is 0 Å². The third-order valence-electron chi connectivity index (χ3n) is 4.03. The lowest BCUT2D eigenvalue weighted by atomic mass is 10.2. The quantitative estimate of drug-likeness (QED) is 0.520. The van der Waals surface area contributed by atoms with Gasteiger partial charge in [0.25, 0.3) is 11.5 Å². The predicted octanol–water partition coefficient (Wildman–Crippen LogP) is 1.13. The number of pyridine rings is 1. The van der Waals surface area contributed by atoms with Gasteiger partial charge >= 0.3 is 5.69 Å². The van der Waals surface area contributed by atoms with Gasteiger partial charge in [-0.1, -0.05) is 18.2 Å². The summed E-state index contributed by atoms with van der Waals surface area (Å²) in [5.41, 5.74) is -2.39. The Morgan fingerprint density at radius 1 is 0.923 bits per heavy atom. The Morgan fingerprint density at radius 3 is 2.38 bits per heavy atom. The molecule has 0 aliphatic rings. The van der Waals surface area contributed by atoms with E-state index in [0.717, 1.165) is 22.7 Å². The first kappa shape index (κ1) is 15.7. The van der Waals surface area contributed by atoms with E-state index in [1.54, 1.807) is 18.2 Å². The minimum absolute atomic E-state index is 0.00434. The molecule has 0 amide bonds. The fraction of sp³-hybridized carbons (Fsp3) is 0. The number of nitrogens with zero attached hydrogens (tertiary/aromatic N) is 2. The van der Waals surface area contributed by atoms with Crippen LogP contribution in [-0.2, 0) is 0 Å². The number of carbonyl (C=O) groups excluding carboxylic acids is 1. The van der Waals surface area contributed by atoms with Crippen molar-refractivity contribution in [2.45, 2.75) is 0 Å². The molecule has 26 heavy (non-hydrogen) atoms. The number of aromatic nitrogens is 3. The number of H-pyrrole nitrogens is 1. The van der Waals surface area contributed by atoms with E-state index in [4.69, 9.17) is 0 Å². The molecular formula is C18H10FN3O4. The molecule has 2 aromatic heterocycles. The number of hydrogen-bond acceptors (Lipinski definition) is 4. The highest BCUT2D eigenvalue weighted by molar-refractivity contribution is 5.96. The van der Waals surface area contributed by atoms with Gasteiger partial charge in [0.1, 0.15) is 11.3 Å². The first-order valence-electron chi connectivity index (χ1n) is 7.57. The second-order valence-corrected chi connectivity index (χ2v) is 5.62. The topological polar surface area (TPSA) is 93.4 Å². The summed E-state index contributed by atoms with van der Waals surface area (Å²) in [5.74, 6) is -1.43. The Kier molecular flexibility index (Phi) is 3.40. The summed E-state index contributed by atoms with van der Waals surface area (Å²) in [5, 5.41) is 2.39. The van der Waals surface area contributed by atoms with Crippen molar-refractivity contribution >= 4 is 22.3 Å². The fourth-order valence-electron chi connectivity index (χ4n) is 2.82. The first-order valence-corrected chi connectivity index (χ1v) is 7.57. The molecule has 0 aliphatic heterocycles. The highest BCUT2D eigenvalue weighted by Gasteiger charge is 2.18. The number of hydrogen-bond donors (Lipinski definition) is 1. The Hall–Kier alpha value is -3.81. The highest BCUT2D eigenvalue weighted by atomic mass is 19.1. The van der Waals surface area contributed by atoms with Crippen molar-refractivity contribution < 1.29 is 9.18 Å². The molecule has 4 aromatic rings. The van der Waals surface area contributed by atoms with Crippen LogP contribution in [0, 0.1) is 5.82 Å². The molecule has 0 saturated carbocycles. The SMILES string of the molecule is O=C(c1ccccc1)n1c(=O)[nH]n2c(cc(=O)c3cc(F)ccc32)c1=O. The lowest BCUT2D eigenvalue weighted by Gasteiger charge is -2.09. The van der Waals surface area contributed by atoms with Crippen molar-refractivity contribution in [1.82, 2.24) is 14.2 Å². The van der Waals surface area contributed by atoms with Gasteiger partial charge in [0.15, 0.2) is 5.43 Å². The molecule has 128 valence electrons. The molecule has 4 rings (SSSR count). The van der Waals surface area contributed by atoms with Gasteiger partial charge in [-0.15, -0.1) is 0 Å². The summed E-state index contributed by atoms with van der Waals surface area (Å²) < 4.78 is 14.9. The molecule has 0 spiro atoms. The largest absolute Gasteiger partial charge is 0.350 e. The maximum absolute atomic E-state index is 13.4. The molecule has 1 N–H and O–H groups in total. The first-order chi connectivity index (χ1) is 12.5. The van der Waals surface area contributed by atoms with Crippen LogP contribution in [0.3, 0.4) is 0 Å². The predicted molar refractivity (Wildman–Crippen MR) is 92.2 cm³/mol. The van der Waals surface area contributed by atoms with Gasteiger partial charge in [0.05, 0.1) is 10.9 Å². The van der Waals surface area contributed by atoms with Crippen molar-refractivity contribution in [1.29, 1.82) is 0 Å². The molecule has 8 heteroatoms. The normalized spacial score (nSPS) is 11.1. The third-order valence-corrected chi connectivity index (χ3v) is 4.03. The molecule has 0 saturated heterocycles. The van der Waals surface area contributed by atoms with E-state index in [1.165, 1.54) is 18.2 Å².